The summed E-state index contributed by atoms with van der Waals surface area (Å²) in [4.78, 5) is 0. The van der Waals surface area contributed by atoms with Gasteiger partial charge in [0.15, 0.2) is 0 Å². The molecule has 1 aliphatic rings. The van der Waals surface area contributed by atoms with Crippen LogP contribution in [0.1, 0.15) is 44.2 Å². The van der Waals surface area contributed by atoms with Crippen molar-refractivity contribution >= 4 is 0 Å². The Morgan fingerprint density at radius 1 is 1.35 bits per heavy atom. The molecule has 2 rings (SSSR count). The molecular weight excluding hydrogens is 254 g/mol. The largest absolute Gasteiger partial charge is 0.497 e. The van der Waals surface area contributed by atoms with Crippen molar-refractivity contribution in [3.8, 4) is 11.5 Å². The maximum absolute atomic E-state index is 10.4. The fourth-order valence-electron chi connectivity index (χ4n) is 2.67. The van der Waals surface area contributed by atoms with Crippen molar-refractivity contribution in [3.05, 3.63) is 23.8 Å². The van der Waals surface area contributed by atoms with Crippen molar-refractivity contribution in [3.63, 3.8) is 0 Å². The average molecular weight is 279 g/mol. The van der Waals surface area contributed by atoms with Crippen LogP contribution in [0.4, 0.5) is 0 Å². The number of methoxy groups -OCH3 is 1. The first-order chi connectivity index (χ1) is 9.58. The third-order valence-electron chi connectivity index (χ3n) is 4.15. The maximum Gasteiger partial charge on any atom is 0.127 e. The predicted molar refractivity (Wildman–Crippen MR) is 79.4 cm³/mol. The highest BCUT2D eigenvalue weighted by atomic mass is 16.5. The van der Waals surface area contributed by atoms with Gasteiger partial charge in [0.25, 0.3) is 0 Å². The van der Waals surface area contributed by atoms with E-state index in [0.717, 1.165) is 42.7 Å². The molecule has 0 saturated heterocycles. The number of hydrogen-bond donors (Lipinski definition) is 2. The van der Waals surface area contributed by atoms with E-state index in [1.807, 2.05) is 25.2 Å². The second-order valence-corrected chi connectivity index (χ2v) is 5.63. The molecule has 1 aromatic rings. The quantitative estimate of drug-likeness (QED) is 0.840. The van der Waals surface area contributed by atoms with Gasteiger partial charge in [-0.05, 0) is 32.9 Å². The van der Waals surface area contributed by atoms with Gasteiger partial charge in [-0.2, -0.15) is 0 Å². The van der Waals surface area contributed by atoms with Crippen LogP contribution in [0.3, 0.4) is 0 Å². The van der Waals surface area contributed by atoms with Crippen LogP contribution in [-0.4, -0.2) is 31.5 Å². The van der Waals surface area contributed by atoms with Gasteiger partial charge in [-0.15, -0.1) is 0 Å². The highest BCUT2D eigenvalue weighted by molar-refractivity contribution is 5.42. The summed E-state index contributed by atoms with van der Waals surface area (Å²) in [5.41, 5.74) is 0.415. The smallest absolute Gasteiger partial charge is 0.127 e. The molecule has 0 heterocycles. The van der Waals surface area contributed by atoms with E-state index in [9.17, 15) is 5.11 Å². The van der Waals surface area contributed by atoms with Gasteiger partial charge in [-0.25, -0.2) is 0 Å². The zero-order chi connectivity index (χ0) is 14.6. The van der Waals surface area contributed by atoms with Gasteiger partial charge in [-0.3, -0.25) is 0 Å². The highest BCUT2D eigenvalue weighted by Crippen LogP contribution is 2.33. The van der Waals surface area contributed by atoms with Crippen LogP contribution >= 0.6 is 0 Å². The van der Waals surface area contributed by atoms with Crippen LogP contribution < -0.4 is 14.8 Å². The van der Waals surface area contributed by atoms with E-state index in [1.165, 1.54) is 0 Å². The molecule has 0 aromatic heterocycles. The zero-order valence-electron chi connectivity index (χ0n) is 12.6. The van der Waals surface area contributed by atoms with Gasteiger partial charge >= 0.3 is 0 Å². The summed E-state index contributed by atoms with van der Waals surface area (Å²) < 4.78 is 11.2. The van der Waals surface area contributed by atoms with Crippen LogP contribution in [0, 0.1) is 0 Å². The van der Waals surface area contributed by atoms with E-state index in [1.54, 1.807) is 7.11 Å². The first-order valence-electron chi connectivity index (χ1n) is 7.28. The third kappa shape index (κ3) is 3.44. The minimum absolute atomic E-state index is 0.189. The van der Waals surface area contributed by atoms with Crippen molar-refractivity contribution in [1.29, 1.82) is 0 Å². The lowest BCUT2D eigenvalue weighted by atomic mass is 10.0. The first kappa shape index (κ1) is 15.1. The fraction of sp³-hybridized carbons (Fsp3) is 0.625. The van der Waals surface area contributed by atoms with Crippen molar-refractivity contribution in [2.45, 2.75) is 44.2 Å². The Morgan fingerprint density at radius 3 is 2.65 bits per heavy atom. The zero-order valence-corrected chi connectivity index (χ0v) is 12.6. The monoisotopic (exact) mass is 279 g/mol. The number of rotatable bonds is 6. The average Bonchev–Trinajstić information content (AvgIpc) is 2.91. The minimum atomic E-state index is -0.663. The summed E-state index contributed by atoms with van der Waals surface area (Å²) in [5, 5.41) is 13.6. The molecule has 0 spiro atoms. The molecule has 0 amide bonds. The number of ether oxygens (including phenoxy) is 2. The molecule has 4 nitrogen and oxygen atoms in total. The Morgan fingerprint density at radius 2 is 2.05 bits per heavy atom. The lowest BCUT2D eigenvalue weighted by molar-refractivity contribution is 0.000958. The van der Waals surface area contributed by atoms with Crippen molar-refractivity contribution in [1.82, 2.24) is 5.32 Å². The molecule has 112 valence electrons. The molecule has 0 bridgehead atoms. The molecule has 1 saturated carbocycles. The molecule has 0 aliphatic heterocycles. The van der Waals surface area contributed by atoms with Crippen LogP contribution in [-0.2, 0) is 0 Å². The molecular formula is C16H25NO3. The Labute approximate surface area is 121 Å². The van der Waals surface area contributed by atoms with E-state index in [-0.39, 0.29) is 6.04 Å². The number of nitrogens with one attached hydrogen (secondary N) is 1. The van der Waals surface area contributed by atoms with Crippen LogP contribution in [0.5, 0.6) is 11.5 Å². The maximum atomic E-state index is 10.4. The van der Waals surface area contributed by atoms with E-state index in [2.05, 4.69) is 12.2 Å². The van der Waals surface area contributed by atoms with E-state index in [4.69, 9.17) is 9.47 Å². The van der Waals surface area contributed by atoms with Gasteiger partial charge in [0.1, 0.15) is 18.1 Å². The molecule has 1 fully saturated rings. The lowest BCUT2D eigenvalue weighted by Gasteiger charge is -2.24. The third-order valence-corrected chi connectivity index (χ3v) is 4.15. The Kier molecular flexibility index (Phi) is 4.89. The van der Waals surface area contributed by atoms with Gasteiger partial charge in [-0.1, -0.05) is 18.9 Å². The summed E-state index contributed by atoms with van der Waals surface area (Å²) in [6.45, 7) is 2.43. The summed E-state index contributed by atoms with van der Waals surface area (Å²) in [6.07, 6.45) is 3.82. The number of hydrogen-bond acceptors (Lipinski definition) is 4. The van der Waals surface area contributed by atoms with Crippen molar-refractivity contribution < 1.29 is 14.6 Å². The molecule has 4 heteroatoms. The van der Waals surface area contributed by atoms with Crippen LogP contribution in [0.2, 0.25) is 0 Å². The fourth-order valence-corrected chi connectivity index (χ4v) is 2.67. The summed E-state index contributed by atoms with van der Waals surface area (Å²) in [5.74, 6) is 1.55. The molecule has 1 aromatic carbocycles. The van der Waals surface area contributed by atoms with Gasteiger partial charge in [0.2, 0.25) is 0 Å². The molecule has 0 radical (unpaired) electrons. The normalized spacial score (nSPS) is 18.8. The topological polar surface area (TPSA) is 50.7 Å². The summed E-state index contributed by atoms with van der Waals surface area (Å²) in [6, 6.07) is 6.02. The lowest BCUT2D eigenvalue weighted by Crippen LogP contribution is -2.32. The molecule has 1 unspecified atom stereocenters. The molecule has 20 heavy (non-hydrogen) atoms. The van der Waals surface area contributed by atoms with E-state index >= 15 is 0 Å². The Bertz CT molecular complexity index is 441. The number of benzene rings is 1. The van der Waals surface area contributed by atoms with Gasteiger partial charge in [0.05, 0.1) is 12.7 Å². The highest BCUT2D eigenvalue weighted by Gasteiger charge is 2.32. The van der Waals surface area contributed by atoms with Crippen LogP contribution in [0.15, 0.2) is 18.2 Å². The number of aliphatic hydroxyl groups is 1. The predicted octanol–water partition coefficient (Wildman–Crippen LogP) is 2.66. The van der Waals surface area contributed by atoms with E-state index in [0.29, 0.717) is 6.61 Å². The van der Waals surface area contributed by atoms with Gasteiger partial charge in [0, 0.05) is 17.7 Å². The Balaban J connectivity index is 2.15. The Hall–Kier alpha value is -1.26. The van der Waals surface area contributed by atoms with E-state index < -0.39 is 5.60 Å². The summed E-state index contributed by atoms with van der Waals surface area (Å²) >= 11 is 0. The standard InChI is InChI=1S/C16H25NO3/c1-12(17-2)14-7-6-13(19-3)10-15(14)20-11-16(18)8-4-5-9-16/h6-7,10,12,17-18H,4-5,8-9,11H2,1-3H3. The molecule has 2 N–H and O–H groups in total. The molecule has 1 atom stereocenters. The second-order valence-electron chi connectivity index (χ2n) is 5.63. The van der Waals surface area contributed by atoms with Crippen LogP contribution in [0.25, 0.3) is 0 Å². The second kappa shape index (κ2) is 6.46. The van der Waals surface area contributed by atoms with Crippen molar-refractivity contribution in [2.75, 3.05) is 20.8 Å². The minimum Gasteiger partial charge on any atom is -0.497 e. The van der Waals surface area contributed by atoms with Crippen molar-refractivity contribution in [2.24, 2.45) is 0 Å². The van der Waals surface area contributed by atoms with Gasteiger partial charge < -0.3 is 19.9 Å². The summed E-state index contributed by atoms with van der Waals surface area (Å²) in [7, 11) is 3.56. The first-order valence-corrected chi connectivity index (χ1v) is 7.28. The molecule has 1 aliphatic carbocycles. The SMILES string of the molecule is CNC(C)c1ccc(OC)cc1OCC1(O)CCCC1.